The number of aromatic nitrogens is 2. The third kappa shape index (κ3) is 4.41. The highest BCUT2D eigenvalue weighted by atomic mass is 35.5. The minimum atomic E-state index is -0.227. The second kappa shape index (κ2) is 7.38. The zero-order valence-electron chi connectivity index (χ0n) is 11.9. The van der Waals surface area contributed by atoms with Crippen LogP contribution >= 0.6 is 22.9 Å². The molecule has 21 heavy (non-hydrogen) atoms. The van der Waals surface area contributed by atoms with Gasteiger partial charge in [-0.2, -0.15) is 0 Å². The van der Waals surface area contributed by atoms with Gasteiger partial charge in [-0.15, -0.1) is 11.3 Å². The molecule has 0 atom stereocenters. The number of anilines is 1. The summed E-state index contributed by atoms with van der Waals surface area (Å²) in [7, 11) is 0. The third-order valence-corrected chi connectivity index (χ3v) is 3.99. The summed E-state index contributed by atoms with van der Waals surface area (Å²) in [5.74, 6) is 0.422. The van der Waals surface area contributed by atoms with E-state index in [1.165, 1.54) is 17.5 Å². The van der Waals surface area contributed by atoms with Crippen LogP contribution in [0.4, 0.5) is 5.82 Å². The Kier molecular flexibility index (Phi) is 5.52. The van der Waals surface area contributed by atoms with Crippen LogP contribution in [0.15, 0.2) is 17.6 Å². The minimum Gasteiger partial charge on any atom is -0.370 e. The summed E-state index contributed by atoms with van der Waals surface area (Å²) in [4.78, 5) is 20.6. The highest BCUT2D eigenvalue weighted by Gasteiger charge is 2.12. The molecular weight excluding hydrogens is 308 g/mol. The number of aryl methyl sites for hydroxylation is 1. The summed E-state index contributed by atoms with van der Waals surface area (Å²) in [6, 6.07) is 1.67. The van der Waals surface area contributed by atoms with Crippen molar-refractivity contribution in [3.8, 4) is 0 Å². The summed E-state index contributed by atoms with van der Waals surface area (Å²) in [6.07, 6.45) is 2.47. The molecule has 5 nitrogen and oxygen atoms in total. The molecule has 2 aromatic heterocycles. The van der Waals surface area contributed by atoms with Crippen LogP contribution < -0.4 is 10.6 Å². The zero-order valence-corrected chi connectivity index (χ0v) is 13.5. The van der Waals surface area contributed by atoms with Crippen molar-refractivity contribution in [1.82, 2.24) is 15.3 Å². The van der Waals surface area contributed by atoms with Crippen LogP contribution in [0.1, 0.15) is 34.4 Å². The number of rotatable bonds is 6. The van der Waals surface area contributed by atoms with Crippen molar-refractivity contribution in [3.05, 3.63) is 38.9 Å². The number of nitrogens with one attached hydrogen (secondary N) is 2. The summed E-state index contributed by atoms with van der Waals surface area (Å²) in [5, 5.41) is 9.12. The quantitative estimate of drug-likeness (QED) is 0.856. The van der Waals surface area contributed by atoms with E-state index >= 15 is 0 Å². The van der Waals surface area contributed by atoms with Gasteiger partial charge in [0.15, 0.2) is 0 Å². The number of hydrogen-bond donors (Lipinski definition) is 2. The molecule has 1 amide bonds. The Labute approximate surface area is 132 Å². The first-order valence-electron chi connectivity index (χ1n) is 6.68. The summed E-state index contributed by atoms with van der Waals surface area (Å²) < 4.78 is 0. The van der Waals surface area contributed by atoms with E-state index in [0.29, 0.717) is 22.9 Å². The molecule has 0 saturated carbocycles. The van der Waals surface area contributed by atoms with Crippen LogP contribution in [0.25, 0.3) is 0 Å². The fraction of sp³-hybridized carbons (Fsp3) is 0.357. The minimum absolute atomic E-state index is 0.227. The molecule has 0 aliphatic heterocycles. The molecule has 0 aliphatic carbocycles. The van der Waals surface area contributed by atoms with E-state index in [4.69, 9.17) is 11.6 Å². The number of nitrogens with zero attached hydrogens (tertiary/aromatic N) is 2. The molecule has 0 unspecified atom stereocenters. The fourth-order valence-corrected chi connectivity index (χ4v) is 2.60. The molecule has 0 aliphatic rings. The monoisotopic (exact) mass is 324 g/mol. The Morgan fingerprint density at radius 2 is 2.29 bits per heavy atom. The molecule has 0 fully saturated rings. The molecular formula is C14H17ClN4OS. The smallest absolute Gasteiger partial charge is 0.253 e. The predicted octanol–water partition coefficient (Wildman–Crippen LogP) is 3.25. The number of amides is 1. The Bertz CT molecular complexity index is 629. The highest BCUT2D eigenvalue weighted by molar-refractivity contribution is 7.09. The van der Waals surface area contributed by atoms with E-state index in [9.17, 15) is 4.79 Å². The number of carbonyl (C=O) groups excluding carboxylic acids is 1. The van der Waals surface area contributed by atoms with Crippen LogP contribution in [-0.4, -0.2) is 22.4 Å². The summed E-state index contributed by atoms with van der Waals surface area (Å²) in [5.41, 5.74) is 1.37. The molecule has 2 aromatic rings. The van der Waals surface area contributed by atoms with E-state index in [2.05, 4.69) is 27.5 Å². The zero-order chi connectivity index (χ0) is 15.2. The van der Waals surface area contributed by atoms with Gasteiger partial charge in [0.25, 0.3) is 5.91 Å². The number of thiazole rings is 1. The number of hydrogen-bond acceptors (Lipinski definition) is 5. The lowest BCUT2D eigenvalue weighted by atomic mass is 10.2. The van der Waals surface area contributed by atoms with E-state index in [0.717, 1.165) is 23.7 Å². The van der Waals surface area contributed by atoms with Gasteiger partial charge < -0.3 is 10.6 Å². The molecule has 2 N–H and O–H groups in total. The number of pyridine rings is 1. The molecule has 0 aromatic carbocycles. The second-order valence-electron chi connectivity index (χ2n) is 4.54. The van der Waals surface area contributed by atoms with Crippen molar-refractivity contribution >= 4 is 34.7 Å². The lowest BCUT2D eigenvalue weighted by Gasteiger charge is -2.08. The maximum absolute atomic E-state index is 12.2. The third-order valence-electron chi connectivity index (χ3n) is 2.72. The van der Waals surface area contributed by atoms with Crippen molar-refractivity contribution in [3.63, 3.8) is 0 Å². The SMILES string of the molecule is CCCNc1cc(C(=O)NCc2nc(C)cs2)c(Cl)cn1. The van der Waals surface area contributed by atoms with Crippen molar-refractivity contribution in [2.75, 3.05) is 11.9 Å². The Morgan fingerprint density at radius 1 is 1.48 bits per heavy atom. The maximum Gasteiger partial charge on any atom is 0.253 e. The molecule has 2 rings (SSSR count). The van der Waals surface area contributed by atoms with Crippen LogP contribution in [0.3, 0.4) is 0 Å². The van der Waals surface area contributed by atoms with Gasteiger partial charge in [-0.25, -0.2) is 9.97 Å². The highest BCUT2D eigenvalue weighted by Crippen LogP contribution is 2.18. The Morgan fingerprint density at radius 3 is 2.95 bits per heavy atom. The Balaban J connectivity index is 2.03. The van der Waals surface area contributed by atoms with Gasteiger partial charge in [-0.05, 0) is 19.4 Å². The van der Waals surface area contributed by atoms with Gasteiger partial charge in [0, 0.05) is 23.8 Å². The largest absolute Gasteiger partial charge is 0.370 e. The topological polar surface area (TPSA) is 66.9 Å². The average molecular weight is 325 g/mol. The predicted molar refractivity (Wildman–Crippen MR) is 86.0 cm³/mol. The molecule has 112 valence electrons. The van der Waals surface area contributed by atoms with Crippen molar-refractivity contribution < 1.29 is 4.79 Å². The number of carbonyl (C=O) groups is 1. The maximum atomic E-state index is 12.2. The molecule has 0 radical (unpaired) electrons. The standard InChI is InChI=1S/C14H17ClN4OS/c1-3-4-16-12-5-10(11(15)6-17-12)14(20)18-7-13-19-9(2)8-21-13/h5-6,8H,3-4,7H2,1-2H3,(H,16,17)(H,18,20). The summed E-state index contributed by atoms with van der Waals surface area (Å²) in [6.45, 7) is 5.18. The van der Waals surface area contributed by atoms with Crippen molar-refractivity contribution in [1.29, 1.82) is 0 Å². The first-order valence-corrected chi connectivity index (χ1v) is 7.94. The fourth-order valence-electron chi connectivity index (χ4n) is 1.70. The van der Waals surface area contributed by atoms with Crippen molar-refractivity contribution in [2.24, 2.45) is 0 Å². The van der Waals surface area contributed by atoms with E-state index in [1.807, 2.05) is 12.3 Å². The van der Waals surface area contributed by atoms with Gasteiger partial charge in [-0.3, -0.25) is 4.79 Å². The summed E-state index contributed by atoms with van der Waals surface area (Å²) >= 11 is 7.57. The normalized spacial score (nSPS) is 10.4. The molecule has 7 heteroatoms. The lowest BCUT2D eigenvalue weighted by Crippen LogP contribution is -2.23. The second-order valence-corrected chi connectivity index (χ2v) is 5.89. The van der Waals surface area contributed by atoms with Crippen LogP contribution in [0, 0.1) is 6.92 Å². The lowest BCUT2D eigenvalue weighted by molar-refractivity contribution is 0.0951. The van der Waals surface area contributed by atoms with Crippen LogP contribution in [-0.2, 0) is 6.54 Å². The van der Waals surface area contributed by atoms with E-state index in [-0.39, 0.29) is 5.91 Å². The molecule has 0 bridgehead atoms. The Hall–Kier alpha value is -1.66. The average Bonchev–Trinajstić information content (AvgIpc) is 2.89. The van der Waals surface area contributed by atoms with Gasteiger partial charge in [0.2, 0.25) is 0 Å². The van der Waals surface area contributed by atoms with E-state index in [1.54, 1.807) is 6.07 Å². The van der Waals surface area contributed by atoms with Gasteiger partial charge in [-0.1, -0.05) is 18.5 Å². The molecule has 0 spiro atoms. The van der Waals surface area contributed by atoms with Crippen LogP contribution in [0.5, 0.6) is 0 Å². The van der Waals surface area contributed by atoms with Crippen LogP contribution in [0.2, 0.25) is 5.02 Å². The van der Waals surface area contributed by atoms with Gasteiger partial charge in [0.05, 0.1) is 17.1 Å². The van der Waals surface area contributed by atoms with Gasteiger partial charge >= 0.3 is 0 Å². The van der Waals surface area contributed by atoms with Crippen molar-refractivity contribution in [2.45, 2.75) is 26.8 Å². The van der Waals surface area contributed by atoms with E-state index < -0.39 is 0 Å². The number of halogens is 1. The van der Waals surface area contributed by atoms with Gasteiger partial charge in [0.1, 0.15) is 10.8 Å². The molecule has 0 saturated heterocycles. The first-order chi connectivity index (χ1) is 10.1. The molecule has 2 heterocycles. The first kappa shape index (κ1) is 15.7.